The van der Waals surface area contributed by atoms with E-state index in [1.807, 2.05) is 26.8 Å². The fraction of sp³-hybridized carbons (Fsp3) is 0.538. The molecular formula is C13H21N3O3. The molecule has 0 aromatic carbocycles. The van der Waals surface area contributed by atoms with Crippen molar-refractivity contribution in [1.29, 1.82) is 0 Å². The molecule has 0 saturated carbocycles. The Labute approximate surface area is 112 Å². The van der Waals surface area contributed by atoms with E-state index in [-0.39, 0.29) is 18.5 Å². The summed E-state index contributed by atoms with van der Waals surface area (Å²) in [5.41, 5.74) is 0. The second-order valence-corrected chi connectivity index (χ2v) is 4.77. The van der Waals surface area contributed by atoms with Crippen LogP contribution in [0.1, 0.15) is 32.6 Å². The number of furan rings is 1. The first-order valence-corrected chi connectivity index (χ1v) is 6.33. The van der Waals surface area contributed by atoms with Gasteiger partial charge < -0.3 is 9.73 Å². The first-order chi connectivity index (χ1) is 8.99. The molecule has 0 spiro atoms. The van der Waals surface area contributed by atoms with Crippen LogP contribution in [0.5, 0.6) is 0 Å². The first-order valence-electron chi connectivity index (χ1n) is 6.33. The molecule has 1 atom stereocenters. The van der Waals surface area contributed by atoms with Crippen LogP contribution in [0.25, 0.3) is 0 Å². The Morgan fingerprint density at radius 2 is 2.05 bits per heavy atom. The molecule has 3 amide bonds. The van der Waals surface area contributed by atoms with E-state index in [1.54, 1.807) is 12.3 Å². The lowest BCUT2D eigenvalue weighted by molar-refractivity contribution is -0.119. The van der Waals surface area contributed by atoms with E-state index in [0.29, 0.717) is 12.5 Å². The van der Waals surface area contributed by atoms with Crippen LogP contribution in [0.3, 0.4) is 0 Å². The highest BCUT2D eigenvalue weighted by molar-refractivity contribution is 5.95. The van der Waals surface area contributed by atoms with Crippen LogP contribution in [0, 0.1) is 5.92 Å². The highest BCUT2D eigenvalue weighted by Crippen LogP contribution is 2.11. The third kappa shape index (κ3) is 6.05. The molecule has 0 aliphatic rings. The van der Waals surface area contributed by atoms with Gasteiger partial charge in [-0.1, -0.05) is 13.8 Å². The van der Waals surface area contributed by atoms with Crippen molar-refractivity contribution in [2.24, 2.45) is 5.92 Å². The van der Waals surface area contributed by atoms with E-state index in [0.717, 1.165) is 5.76 Å². The lowest BCUT2D eigenvalue weighted by atomic mass is 10.2. The van der Waals surface area contributed by atoms with Gasteiger partial charge in [-0.2, -0.15) is 0 Å². The Bertz CT molecular complexity index is 401. The van der Waals surface area contributed by atoms with Gasteiger partial charge in [0.25, 0.3) is 0 Å². The molecule has 106 valence electrons. The summed E-state index contributed by atoms with van der Waals surface area (Å²) in [6.45, 7) is 6.43. The lowest BCUT2D eigenvalue weighted by Gasteiger charge is -2.12. The molecule has 1 heterocycles. The largest absolute Gasteiger partial charge is 0.468 e. The summed E-state index contributed by atoms with van der Waals surface area (Å²) in [6.07, 6.45) is 1.58. The summed E-state index contributed by atoms with van der Waals surface area (Å²) in [4.78, 5) is 22.8. The zero-order valence-electron chi connectivity index (χ0n) is 11.5. The third-order valence-corrected chi connectivity index (χ3v) is 2.46. The van der Waals surface area contributed by atoms with Crippen LogP contribution in [-0.2, 0) is 4.79 Å². The van der Waals surface area contributed by atoms with Crippen molar-refractivity contribution in [3.63, 3.8) is 0 Å². The summed E-state index contributed by atoms with van der Waals surface area (Å²) in [6, 6.07) is 3.06. The maximum Gasteiger partial charge on any atom is 0.321 e. The predicted octanol–water partition coefficient (Wildman–Crippen LogP) is 1.41. The molecular weight excluding hydrogens is 246 g/mol. The van der Waals surface area contributed by atoms with Gasteiger partial charge in [0, 0.05) is 6.54 Å². The summed E-state index contributed by atoms with van der Waals surface area (Å²) >= 11 is 0. The molecule has 3 N–H and O–H groups in total. The number of hydrogen-bond donors (Lipinski definition) is 3. The average Bonchev–Trinajstić information content (AvgIpc) is 2.87. The van der Waals surface area contributed by atoms with Gasteiger partial charge in [-0.3, -0.25) is 15.4 Å². The zero-order chi connectivity index (χ0) is 14.3. The fourth-order valence-electron chi connectivity index (χ4n) is 1.40. The molecule has 19 heavy (non-hydrogen) atoms. The quantitative estimate of drug-likeness (QED) is 0.727. The van der Waals surface area contributed by atoms with Crippen LogP contribution < -0.4 is 16.0 Å². The Kier molecular flexibility index (Phi) is 6.08. The topological polar surface area (TPSA) is 83.4 Å². The Morgan fingerprint density at radius 1 is 1.32 bits per heavy atom. The van der Waals surface area contributed by atoms with Crippen LogP contribution in [0.15, 0.2) is 22.8 Å². The van der Waals surface area contributed by atoms with Gasteiger partial charge in [-0.05, 0) is 25.0 Å². The van der Waals surface area contributed by atoms with E-state index < -0.39 is 6.03 Å². The lowest BCUT2D eigenvalue weighted by Crippen LogP contribution is -2.44. The van der Waals surface area contributed by atoms with Crippen LogP contribution >= 0.6 is 0 Å². The van der Waals surface area contributed by atoms with Crippen molar-refractivity contribution in [1.82, 2.24) is 16.0 Å². The third-order valence-electron chi connectivity index (χ3n) is 2.46. The second-order valence-electron chi connectivity index (χ2n) is 4.77. The number of amides is 3. The molecule has 0 aliphatic carbocycles. The van der Waals surface area contributed by atoms with E-state index in [2.05, 4.69) is 16.0 Å². The van der Waals surface area contributed by atoms with Crippen molar-refractivity contribution >= 4 is 11.9 Å². The average molecular weight is 267 g/mol. The Balaban J connectivity index is 2.22. The van der Waals surface area contributed by atoms with Gasteiger partial charge in [0.05, 0.1) is 18.8 Å². The first kappa shape index (κ1) is 15.2. The minimum Gasteiger partial charge on any atom is -0.468 e. The number of urea groups is 1. The smallest absolute Gasteiger partial charge is 0.321 e. The Morgan fingerprint density at radius 3 is 2.63 bits per heavy atom. The molecule has 6 heteroatoms. The number of carbonyl (C=O) groups excluding carboxylic acids is 2. The summed E-state index contributed by atoms with van der Waals surface area (Å²) < 4.78 is 5.20. The van der Waals surface area contributed by atoms with Crippen LogP contribution in [0.4, 0.5) is 4.79 Å². The number of carbonyl (C=O) groups is 2. The highest BCUT2D eigenvalue weighted by atomic mass is 16.3. The number of imide groups is 1. The van der Waals surface area contributed by atoms with Crippen molar-refractivity contribution in [2.45, 2.75) is 26.8 Å². The molecule has 1 aromatic rings. The molecule has 0 radical (unpaired) electrons. The highest BCUT2D eigenvalue weighted by Gasteiger charge is 2.11. The molecule has 0 aliphatic heterocycles. The predicted molar refractivity (Wildman–Crippen MR) is 71.5 cm³/mol. The maximum atomic E-state index is 11.5. The molecule has 0 saturated heterocycles. The minimum atomic E-state index is -0.467. The van der Waals surface area contributed by atoms with E-state index in [4.69, 9.17) is 4.42 Å². The van der Waals surface area contributed by atoms with Crippen molar-refractivity contribution in [2.75, 3.05) is 13.1 Å². The van der Waals surface area contributed by atoms with E-state index >= 15 is 0 Å². The van der Waals surface area contributed by atoms with E-state index in [9.17, 15) is 9.59 Å². The number of hydrogen-bond acceptors (Lipinski definition) is 4. The molecule has 6 nitrogen and oxygen atoms in total. The Hall–Kier alpha value is -1.82. The van der Waals surface area contributed by atoms with Crippen molar-refractivity contribution < 1.29 is 14.0 Å². The normalized spacial score (nSPS) is 12.2. The van der Waals surface area contributed by atoms with Gasteiger partial charge in [0.1, 0.15) is 5.76 Å². The van der Waals surface area contributed by atoms with Crippen molar-refractivity contribution in [3.05, 3.63) is 24.2 Å². The monoisotopic (exact) mass is 267 g/mol. The molecule has 0 unspecified atom stereocenters. The standard InChI is InChI=1S/C13H21N3O3/c1-9(2)7-15-13(18)16-12(17)8-14-10(3)11-5-4-6-19-11/h4-6,9-10,14H,7-8H2,1-3H3,(H2,15,16,17,18)/t10-/m1/s1. The van der Waals surface area contributed by atoms with Crippen molar-refractivity contribution in [3.8, 4) is 0 Å². The van der Waals surface area contributed by atoms with E-state index in [1.165, 1.54) is 0 Å². The van der Waals surface area contributed by atoms with Gasteiger partial charge >= 0.3 is 6.03 Å². The molecule has 0 bridgehead atoms. The maximum absolute atomic E-state index is 11.5. The second kappa shape index (κ2) is 7.58. The summed E-state index contributed by atoms with van der Waals surface area (Å²) in [5, 5.41) is 7.83. The zero-order valence-corrected chi connectivity index (χ0v) is 11.5. The molecule has 1 rings (SSSR count). The number of rotatable bonds is 6. The van der Waals surface area contributed by atoms with Crippen LogP contribution in [0.2, 0.25) is 0 Å². The van der Waals surface area contributed by atoms with Gasteiger partial charge in [0.15, 0.2) is 0 Å². The van der Waals surface area contributed by atoms with Gasteiger partial charge in [-0.25, -0.2) is 4.79 Å². The molecule has 1 aromatic heterocycles. The van der Waals surface area contributed by atoms with Crippen LogP contribution in [-0.4, -0.2) is 25.0 Å². The minimum absolute atomic E-state index is 0.0525. The number of nitrogens with one attached hydrogen (secondary N) is 3. The summed E-state index contributed by atoms with van der Waals surface area (Å²) in [5.74, 6) is 0.717. The SMILES string of the molecule is CC(C)CNC(=O)NC(=O)CN[C@H](C)c1ccco1. The molecule has 0 fully saturated rings. The van der Waals surface area contributed by atoms with Gasteiger partial charge in [-0.15, -0.1) is 0 Å². The van der Waals surface area contributed by atoms with Gasteiger partial charge in [0.2, 0.25) is 5.91 Å². The summed E-state index contributed by atoms with van der Waals surface area (Å²) in [7, 11) is 0. The fourth-order valence-corrected chi connectivity index (χ4v) is 1.40.